The molecule has 0 N–H and O–H groups in total. The van der Waals surface area contributed by atoms with Gasteiger partial charge in [0.15, 0.2) is 0 Å². The summed E-state index contributed by atoms with van der Waals surface area (Å²) in [6, 6.07) is 0. The molecular formula is C16H33N. The van der Waals surface area contributed by atoms with Crippen LogP contribution in [0.3, 0.4) is 0 Å². The molecule has 102 valence electrons. The molecule has 1 heteroatoms. The lowest BCUT2D eigenvalue weighted by Crippen LogP contribution is -2.23. The van der Waals surface area contributed by atoms with Crippen LogP contribution in [0, 0.1) is 0 Å². The maximum Gasteiger partial charge on any atom is -0.00190 e. The van der Waals surface area contributed by atoms with Crippen molar-refractivity contribution >= 4 is 0 Å². The first-order chi connectivity index (χ1) is 8.35. The molecule has 0 aliphatic heterocycles. The third-order valence-electron chi connectivity index (χ3n) is 3.36. The Morgan fingerprint density at radius 3 is 1.94 bits per heavy atom. The topological polar surface area (TPSA) is 3.24 Å². The minimum Gasteiger partial charge on any atom is -0.304 e. The molecule has 0 aromatic heterocycles. The van der Waals surface area contributed by atoms with E-state index < -0.39 is 0 Å². The van der Waals surface area contributed by atoms with Crippen LogP contribution in [-0.2, 0) is 0 Å². The van der Waals surface area contributed by atoms with Crippen molar-refractivity contribution in [1.29, 1.82) is 0 Å². The number of unbranched alkanes of at least 4 members (excludes halogenated alkanes) is 6. The van der Waals surface area contributed by atoms with Crippen LogP contribution in [-0.4, -0.2) is 24.5 Å². The Balaban J connectivity index is 3.13. The lowest BCUT2D eigenvalue weighted by atomic mass is 10.1. The zero-order valence-corrected chi connectivity index (χ0v) is 12.4. The van der Waals surface area contributed by atoms with Crippen LogP contribution in [0.25, 0.3) is 0 Å². The van der Waals surface area contributed by atoms with Gasteiger partial charge in [0.2, 0.25) is 0 Å². The summed E-state index contributed by atoms with van der Waals surface area (Å²) in [6.45, 7) is 10.5. The quantitative estimate of drug-likeness (QED) is 0.341. The summed E-state index contributed by atoms with van der Waals surface area (Å²) >= 11 is 0. The summed E-state index contributed by atoms with van der Waals surface area (Å²) in [5.41, 5.74) is 0. The maximum absolute atomic E-state index is 2.52. The van der Waals surface area contributed by atoms with E-state index >= 15 is 0 Å². The van der Waals surface area contributed by atoms with E-state index in [4.69, 9.17) is 0 Å². The lowest BCUT2D eigenvalue weighted by Gasteiger charge is -2.17. The summed E-state index contributed by atoms with van der Waals surface area (Å²) in [4.78, 5) is 2.52. The van der Waals surface area contributed by atoms with E-state index in [9.17, 15) is 0 Å². The molecule has 17 heavy (non-hydrogen) atoms. The average molecular weight is 239 g/mol. The van der Waals surface area contributed by atoms with Crippen LogP contribution in [0.4, 0.5) is 0 Å². The third-order valence-corrected chi connectivity index (χ3v) is 3.36. The Hall–Kier alpha value is -0.300. The summed E-state index contributed by atoms with van der Waals surface area (Å²) in [5, 5.41) is 0. The van der Waals surface area contributed by atoms with Gasteiger partial charge in [0, 0.05) is 0 Å². The second-order valence-corrected chi connectivity index (χ2v) is 4.84. The van der Waals surface area contributed by atoms with E-state index in [1.165, 1.54) is 71.0 Å². The molecule has 0 saturated heterocycles. The van der Waals surface area contributed by atoms with Gasteiger partial charge < -0.3 is 4.90 Å². The highest BCUT2D eigenvalue weighted by Crippen LogP contribution is 2.07. The minimum absolute atomic E-state index is 1.21. The van der Waals surface area contributed by atoms with Crippen LogP contribution >= 0.6 is 0 Å². The molecule has 0 bridgehead atoms. The normalized spacial score (nSPS) is 11.8. The molecule has 0 aliphatic carbocycles. The maximum atomic E-state index is 2.52. The molecule has 0 aromatic carbocycles. The summed E-state index contributed by atoms with van der Waals surface area (Å²) in [6.07, 6.45) is 15.5. The highest BCUT2D eigenvalue weighted by atomic mass is 15.1. The standard InChI is InChI=1S/C16H33N/c1-4-7-8-9-10-11-12-13-14-15-16-17(5-2)6-3/h8-9H,4-7,10-16H2,1-3H3/b9-8+. The fourth-order valence-electron chi connectivity index (χ4n) is 2.07. The molecule has 0 heterocycles. The second-order valence-electron chi connectivity index (χ2n) is 4.84. The molecule has 0 aromatic rings. The molecule has 0 saturated carbocycles. The average Bonchev–Trinajstić information content (AvgIpc) is 2.36. The van der Waals surface area contributed by atoms with Crippen LogP contribution in [0.1, 0.15) is 72.1 Å². The predicted octanol–water partition coefficient (Wildman–Crippen LogP) is 5.03. The van der Waals surface area contributed by atoms with Crippen LogP contribution in [0.15, 0.2) is 12.2 Å². The van der Waals surface area contributed by atoms with Crippen LogP contribution in [0.5, 0.6) is 0 Å². The van der Waals surface area contributed by atoms with Crippen molar-refractivity contribution in [2.24, 2.45) is 0 Å². The van der Waals surface area contributed by atoms with Gasteiger partial charge in [0.1, 0.15) is 0 Å². The Labute approximate surface area is 109 Å². The van der Waals surface area contributed by atoms with Crippen molar-refractivity contribution in [1.82, 2.24) is 4.90 Å². The molecule has 0 rings (SSSR count). The van der Waals surface area contributed by atoms with E-state index in [2.05, 4.69) is 37.8 Å². The van der Waals surface area contributed by atoms with Gasteiger partial charge >= 0.3 is 0 Å². The van der Waals surface area contributed by atoms with E-state index in [0.717, 1.165) is 0 Å². The highest BCUT2D eigenvalue weighted by molar-refractivity contribution is 4.80. The molecule has 1 nitrogen and oxygen atoms in total. The van der Waals surface area contributed by atoms with Crippen molar-refractivity contribution in [3.8, 4) is 0 Å². The molecule has 0 unspecified atom stereocenters. The van der Waals surface area contributed by atoms with Gasteiger partial charge in [0.05, 0.1) is 0 Å². The monoisotopic (exact) mass is 239 g/mol. The summed E-state index contributed by atoms with van der Waals surface area (Å²) in [7, 11) is 0. The molecule has 0 aliphatic rings. The number of nitrogens with zero attached hydrogens (tertiary/aromatic N) is 1. The van der Waals surface area contributed by atoms with Gasteiger partial charge in [0.25, 0.3) is 0 Å². The first-order valence-electron chi connectivity index (χ1n) is 7.72. The number of rotatable bonds is 12. The van der Waals surface area contributed by atoms with Gasteiger partial charge in [-0.1, -0.05) is 58.6 Å². The van der Waals surface area contributed by atoms with Gasteiger partial charge in [-0.3, -0.25) is 0 Å². The molecule has 0 atom stereocenters. The molecule has 0 fully saturated rings. The smallest absolute Gasteiger partial charge is 0.00190 e. The molecule has 0 spiro atoms. The zero-order chi connectivity index (χ0) is 12.8. The Morgan fingerprint density at radius 2 is 1.29 bits per heavy atom. The largest absolute Gasteiger partial charge is 0.304 e. The van der Waals surface area contributed by atoms with E-state index in [1.807, 2.05) is 0 Å². The molecule has 0 amide bonds. The van der Waals surface area contributed by atoms with Gasteiger partial charge in [-0.2, -0.15) is 0 Å². The lowest BCUT2D eigenvalue weighted by molar-refractivity contribution is 0.295. The molecular weight excluding hydrogens is 206 g/mol. The summed E-state index contributed by atoms with van der Waals surface area (Å²) < 4.78 is 0. The highest BCUT2D eigenvalue weighted by Gasteiger charge is 1.97. The minimum atomic E-state index is 1.21. The van der Waals surface area contributed by atoms with Gasteiger partial charge in [-0.25, -0.2) is 0 Å². The fraction of sp³-hybridized carbons (Fsp3) is 0.875. The second kappa shape index (κ2) is 13.8. The van der Waals surface area contributed by atoms with Crippen molar-refractivity contribution in [3.63, 3.8) is 0 Å². The van der Waals surface area contributed by atoms with E-state index in [-0.39, 0.29) is 0 Å². The van der Waals surface area contributed by atoms with E-state index in [1.54, 1.807) is 0 Å². The number of hydrogen-bond donors (Lipinski definition) is 0. The first kappa shape index (κ1) is 16.7. The van der Waals surface area contributed by atoms with Crippen LogP contribution < -0.4 is 0 Å². The van der Waals surface area contributed by atoms with Crippen LogP contribution in [0.2, 0.25) is 0 Å². The predicted molar refractivity (Wildman–Crippen MR) is 79.5 cm³/mol. The fourth-order valence-corrected chi connectivity index (χ4v) is 2.07. The van der Waals surface area contributed by atoms with Crippen molar-refractivity contribution in [2.45, 2.75) is 72.1 Å². The summed E-state index contributed by atoms with van der Waals surface area (Å²) in [5.74, 6) is 0. The Morgan fingerprint density at radius 1 is 0.706 bits per heavy atom. The van der Waals surface area contributed by atoms with Crippen molar-refractivity contribution in [2.75, 3.05) is 19.6 Å². The van der Waals surface area contributed by atoms with E-state index in [0.29, 0.717) is 0 Å². The number of hydrogen-bond acceptors (Lipinski definition) is 1. The van der Waals surface area contributed by atoms with Gasteiger partial charge in [-0.05, 0) is 45.3 Å². The Kier molecular flexibility index (Phi) is 13.5. The first-order valence-corrected chi connectivity index (χ1v) is 7.72. The van der Waals surface area contributed by atoms with Crippen molar-refractivity contribution in [3.05, 3.63) is 12.2 Å². The SMILES string of the molecule is CCC/C=C/CCCCCCCN(CC)CC. The third kappa shape index (κ3) is 12.0. The van der Waals surface area contributed by atoms with Gasteiger partial charge in [-0.15, -0.1) is 0 Å². The zero-order valence-electron chi connectivity index (χ0n) is 12.4. The number of allylic oxidation sites excluding steroid dienone is 2. The Bertz CT molecular complexity index is 159. The van der Waals surface area contributed by atoms with Crippen molar-refractivity contribution < 1.29 is 0 Å². The molecule has 0 radical (unpaired) electrons.